The topological polar surface area (TPSA) is 151 Å². The molecule has 1 unspecified atom stereocenters. The van der Waals surface area contributed by atoms with Crippen LogP contribution in [0.5, 0.6) is 28.9 Å². The van der Waals surface area contributed by atoms with Gasteiger partial charge in [-0.25, -0.2) is 4.79 Å². The van der Waals surface area contributed by atoms with Gasteiger partial charge in [0, 0.05) is 15.6 Å². The number of halogens is 2. The van der Waals surface area contributed by atoms with E-state index in [4.69, 9.17) is 37.4 Å². The van der Waals surface area contributed by atoms with Gasteiger partial charge in [0.2, 0.25) is 5.88 Å². The van der Waals surface area contributed by atoms with Gasteiger partial charge in [-0.05, 0) is 59.7 Å². The van der Waals surface area contributed by atoms with Crippen molar-refractivity contribution in [3.05, 3.63) is 131 Å². The van der Waals surface area contributed by atoms with Crippen LogP contribution < -0.4 is 25.5 Å². The van der Waals surface area contributed by atoms with Crippen LogP contribution in [-0.4, -0.2) is 40.2 Å². The number of aromatic nitrogens is 2. The second-order valence-corrected chi connectivity index (χ2v) is 10.3. The summed E-state index contributed by atoms with van der Waals surface area (Å²) in [7, 11) is 2.81. The summed E-state index contributed by atoms with van der Waals surface area (Å²) in [5, 5.41) is 20.3. The number of benzene rings is 3. The fraction of sp³-hybridized carbons (Fsp3) is 0.0938. The lowest BCUT2D eigenvalue weighted by molar-refractivity contribution is -0.111. The Morgan fingerprint density at radius 1 is 0.841 bits per heavy atom. The van der Waals surface area contributed by atoms with Crippen LogP contribution in [0.25, 0.3) is 12.2 Å². The molecule has 1 aliphatic heterocycles. The Balaban J connectivity index is 1.74. The van der Waals surface area contributed by atoms with Crippen molar-refractivity contribution in [2.75, 3.05) is 14.2 Å². The second-order valence-electron chi connectivity index (χ2n) is 9.49. The molecule has 3 aromatic carbocycles. The maximum atomic E-state index is 14.1. The average molecular weight is 635 g/mol. The molecule has 4 aromatic rings. The van der Waals surface area contributed by atoms with Gasteiger partial charge in [0.05, 0.1) is 31.3 Å². The molecule has 0 aliphatic carbocycles. The lowest BCUT2D eigenvalue weighted by Gasteiger charge is -2.29. The predicted molar refractivity (Wildman–Crippen MR) is 166 cm³/mol. The number of rotatable bonds is 8. The van der Waals surface area contributed by atoms with E-state index in [-0.39, 0.29) is 61.4 Å². The molecule has 0 bridgehead atoms. The number of fused-ring (bicyclic) bond motifs is 1. The van der Waals surface area contributed by atoms with Crippen molar-refractivity contribution in [3.8, 4) is 28.9 Å². The zero-order valence-corrected chi connectivity index (χ0v) is 24.7. The van der Waals surface area contributed by atoms with Crippen molar-refractivity contribution in [2.24, 2.45) is 0 Å². The summed E-state index contributed by atoms with van der Waals surface area (Å²) in [4.78, 5) is 44.3. The Bertz CT molecular complexity index is 1970. The van der Waals surface area contributed by atoms with Crippen molar-refractivity contribution in [1.29, 1.82) is 0 Å². The minimum atomic E-state index is -1.17. The van der Waals surface area contributed by atoms with Crippen molar-refractivity contribution < 1.29 is 29.2 Å². The van der Waals surface area contributed by atoms with Gasteiger partial charge in [-0.3, -0.25) is 19.6 Å². The Morgan fingerprint density at radius 2 is 1.43 bits per heavy atom. The zero-order valence-electron chi connectivity index (χ0n) is 23.2. The monoisotopic (exact) mass is 634 g/mol. The van der Waals surface area contributed by atoms with Crippen LogP contribution in [-0.2, 0) is 4.79 Å². The minimum absolute atomic E-state index is 0.00552. The van der Waals surface area contributed by atoms with Gasteiger partial charge in [0.15, 0.2) is 28.8 Å². The molecule has 0 saturated heterocycles. The number of carbonyl (C=O) groups is 1. The standard InChI is InChI=1S/C32H24Cl2N2O8/c1-42-24-14-16(6-10-20(24)37)8-12-22(39)27-23(13-9-17-7-11-21(38)25(15-17)43-2)44-31-29(30(40)35-32(41)36-31)28(27)26-18(33)4-3-5-19(26)34/h3-15,28,37-38H,1-2H3,(H2,35,36,40,41)/b12-8+,13-9+. The van der Waals surface area contributed by atoms with Gasteiger partial charge in [0.1, 0.15) is 5.76 Å². The summed E-state index contributed by atoms with van der Waals surface area (Å²) in [5.41, 5.74) is -0.340. The van der Waals surface area contributed by atoms with Crippen molar-refractivity contribution in [2.45, 2.75) is 5.92 Å². The number of phenols is 2. The van der Waals surface area contributed by atoms with Gasteiger partial charge < -0.3 is 24.4 Å². The molecule has 0 amide bonds. The molecule has 4 N–H and O–H groups in total. The number of hydrogen-bond acceptors (Lipinski definition) is 8. The summed E-state index contributed by atoms with van der Waals surface area (Å²) >= 11 is 13.2. The third kappa shape index (κ3) is 5.98. The molecule has 0 radical (unpaired) electrons. The van der Waals surface area contributed by atoms with Gasteiger partial charge in [0.25, 0.3) is 5.56 Å². The van der Waals surface area contributed by atoms with Gasteiger partial charge in [-0.1, -0.05) is 53.6 Å². The fourth-order valence-electron chi connectivity index (χ4n) is 4.76. The van der Waals surface area contributed by atoms with E-state index in [1.807, 2.05) is 0 Å². The summed E-state index contributed by atoms with van der Waals surface area (Å²) in [6.07, 6.45) is 5.85. The quantitative estimate of drug-likeness (QED) is 0.184. The number of H-pyrrole nitrogens is 2. The Morgan fingerprint density at radius 3 is 2.02 bits per heavy atom. The van der Waals surface area contributed by atoms with E-state index in [0.29, 0.717) is 11.1 Å². The zero-order chi connectivity index (χ0) is 31.5. The highest BCUT2D eigenvalue weighted by atomic mass is 35.5. The van der Waals surface area contributed by atoms with Crippen LogP contribution in [0, 0.1) is 0 Å². The van der Waals surface area contributed by atoms with E-state index in [9.17, 15) is 24.6 Å². The number of aromatic hydroxyl groups is 2. The molecule has 10 nitrogen and oxygen atoms in total. The molecule has 1 aromatic heterocycles. The van der Waals surface area contributed by atoms with Crippen molar-refractivity contribution in [1.82, 2.24) is 9.97 Å². The van der Waals surface area contributed by atoms with Crippen LogP contribution in [0.15, 0.2) is 87.7 Å². The first-order chi connectivity index (χ1) is 21.1. The average Bonchev–Trinajstić information content (AvgIpc) is 2.99. The van der Waals surface area contributed by atoms with E-state index in [1.165, 1.54) is 50.6 Å². The fourth-order valence-corrected chi connectivity index (χ4v) is 5.38. The molecule has 44 heavy (non-hydrogen) atoms. The van der Waals surface area contributed by atoms with Crippen molar-refractivity contribution >= 4 is 41.1 Å². The molecule has 224 valence electrons. The number of allylic oxidation sites excluding steroid dienone is 3. The molecule has 1 aliphatic rings. The molecule has 2 heterocycles. The normalized spacial score (nSPS) is 14.5. The highest BCUT2D eigenvalue weighted by Gasteiger charge is 2.38. The third-order valence-electron chi connectivity index (χ3n) is 6.81. The van der Waals surface area contributed by atoms with Crippen LogP contribution in [0.1, 0.15) is 28.2 Å². The maximum absolute atomic E-state index is 14.1. The first-order valence-corrected chi connectivity index (χ1v) is 13.7. The Labute approximate surface area is 260 Å². The highest BCUT2D eigenvalue weighted by Crippen LogP contribution is 2.46. The molecular formula is C32H24Cl2N2O8. The van der Waals surface area contributed by atoms with E-state index >= 15 is 0 Å². The number of methoxy groups -OCH3 is 2. The molecule has 12 heteroatoms. The van der Waals surface area contributed by atoms with Crippen LogP contribution in [0.2, 0.25) is 10.0 Å². The predicted octanol–water partition coefficient (Wildman–Crippen LogP) is 5.57. The molecular weight excluding hydrogens is 611 g/mol. The summed E-state index contributed by atoms with van der Waals surface area (Å²) in [6, 6.07) is 13.9. The number of phenolic OH excluding ortho intramolecular Hbond substituents is 2. The first-order valence-electron chi connectivity index (χ1n) is 13.0. The number of ketones is 1. The second kappa shape index (κ2) is 12.6. The number of hydrogen-bond donors (Lipinski definition) is 4. The van der Waals surface area contributed by atoms with Crippen molar-refractivity contribution in [3.63, 3.8) is 0 Å². The molecule has 5 rings (SSSR count). The largest absolute Gasteiger partial charge is 0.504 e. The summed E-state index contributed by atoms with van der Waals surface area (Å²) in [5.74, 6) is -1.65. The van der Waals surface area contributed by atoms with E-state index in [0.717, 1.165) is 0 Å². The number of aromatic amines is 2. The summed E-state index contributed by atoms with van der Waals surface area (Å²) in [6.45, 7) is 0. The third-order valence-corrected chi connectivity index (χ3v) is 7.47. The van der Waals surface area contributed by atoms with Crippen LogP contribution >= 0.6 is 23.2 Å². The molecule has 0 saturated carbocycles. The Hall–Kier alpha value is -5.19. The van der Waals surface area contributed by atoms with Crippen LogP contribution in [0.4, 0.5) is 0 Å². The van der Waals surface area contributed by atoms with Crippen LogP contribution in [0.3, 0.4) is 0 Å². The lowest BCUT2D eigenvalue weighted by atomic mass is 9.81. The smallest absolute Gasteiger partial charge is 0.328 e. The molecule has 1 atom stereocenters. The first kappa shape index (κ1) is 30.3. The Kier molecular flexibility index (Phi) is 8.66. The highest BCUT2D eigenvalue weighted by molar-refractivity contribution is 6.36. The van der Waals surface area contributed by atoms with E-state index < -0.39 is 23.0 Å². The maximum Gasteiger partial charge on any atom is 0.328 e. The number of nitrogens with one attached hydrogen (secondary N) is 2. The minimum Gasteiger partial charge on any atom is -0.504 e. The number of ether oxygens (including phenoxy) is 3. The van der Waals surface area contributed by atoms with Gasteiger partial charge in [-0.2, -0.15) is 0 Å². The molecule has 0 fully saturated rings. The molecule has 0 spiro atoms. The SMILES string of the molecule is COc1cc(/C=C/C(=O)C2=C(/C=C/c3ccc(O)c(OC)c3)Oc3[nH]c(=O)[nH]c(=O)c3C2c2c(Cl)cccc2Cl)ccc1O. The van der Waals surface area contributed by atoms with E-state index in [1.54, 1.807) is 42.5 Å². The van der Waals surface area contributed by atoms with Gasteiger partial charge >= 0.3 is 5.69 Å². The number of carbonyl (C=O) groups excluding carboxylic acids is 1. The van der Waals surface area contributed by atoms with E-state index in [2.05, 4.69) is 9.97 Å². The van der Waals surface area contributed by atoms with Gasteiger partial charge in [-0.15, -0.1) is 0 Å². The lowest BCUT2D eigenvalue weighted by Crippen LogP contribution is -2.33. The summed E-state index contributed by atoms with van der Waals surface area (Å²) < 4.78 is 16.4.